The van der Waals surface area contributed by atoms with E-state index in [2.05, 4.69) is 21.2 Å². The molecule has 1 amide bonds. The molecule has 0 bridgehead atoms. The van der Waals surface area contributed by atoms with Crippen LogP contribution in [0, 0.1) is 5.82 Å². The Balaban J connectivity index is 2.04. The topological polar surface area (TPSA) is 92.8 Å². The Morgan fingerprint density at radius 3 is 2.48 bits per heavy atom. The van der Waals surface area contributed by atoms with Crippen molar-refractivity contribution in [3.05, 3.63) is 58.3 Å². The molecule has 156 valence electrons. The maximum absolute atomic E-state index is 13.3. The number of rotatable bonds is 8. The first-order chi connectivity index (χ1) is 13.7. The number of carbonyl (C=O) groups excluding carboxylic acids is 2. The van der Waals surface area contributed by atoms with Gasteiger partial charge in [0.1, 0.15) is 5.82 Å². The van der Waals surface area contributed by atoms with E-state index in [1.807, 2.05) is 0 Å². The number of esters is 1. The molecular weight excluding hydrogens is 467 g/mol. The number of hydrogen-bond acceptors (Lipinski definition) is 5. The summed E-state index contributed by atoms with van der Waals surface area (Å²) >= 11 is 3.11. The largest absolute Gasteiger partial charge is 0.452 e. The number of nitrogens with zero attached hydrogens (tertiary/aromatic N) is 1. The number of ether oxygens (including phenoxy) is 1. The standard InChI is InChI=1S/C19H20BrFN2O5S/c1-3-23(4-2)29(26,27)15-7-5-6-14(11-15)22-18(24)12-28-19(25)16-10-13(21)8-9-17(16)20/h5-11H,3-4,12H2,1-2H3,(H,22,24). The fourth-order valence-electron chi connectivity index (χ4n) is 2.51. The van der Waals surface area contributed by atoms with Gasteiger partial charge in [0.2, 0.25) is 10.0 Å². The Labute approximate surface area is 177 Å². The van der Waals surface area contributed by atoms with Gasteiger partial charge in [0.05, 0.1) is 10.5 Å². The van der Waals surface area contributed by atoms with Gasteiger partial charge in [0, 0.05) is 23.2 Å². The zero-order valence-corrected chi connectivity index (χ0v) is 18.2. The molecule has 0 saturated carbocycles. The van der Waals surface area contributed by atoms with Crippen LogP contribution in [0.5, 0.6) is 0 Å². The van der Waals surface area contributed by atoms with Crippen LogP contribution in [-0.2, 0) is 19.6 Å². The zero-order chi connectivity index (χ0) is 21.6. The van der Waals surface area contributed by atoms with Crippen LogP contribution in [0.25, 0.3) is 0 Å². The summed E-state index contributed by atoms with van der Waals surface area (Å²) in [6.07, 6.45) is 0. The molecule has 29 heavy (non-hydrogen) atoms. The minimum atomic E-state index is -3.67. The molecule has 0 saturated heterocycles. The molecule has 0 aliphatic heterocycles. The minimum Gasteiger partial charge on any atom is -0.452 e. The second kappa shape index (κ2) is 9.95. The van der Waals surface area contributed by atoms with Gasteiger partial charge in [-0.1, -0.05) is 19.9 Å². The van der Waals surface area contributed by atoms with Gasteiger partial charge in [0.15, 0.2) is 6.61 Å². The summed E-state index contributed by atoms with van der Waals surface area (Å²) in [7, 11) is -3.67. The van der Waals surface area contributed by atoms with Gasteiger partial charge in [-0.25, -0.2) is 17.6 Å². The first-order valence-electron chi connectivity index (χ1n) is 8.71. The van der Waals surface area contributed by atoms with Crippen molar-refractivity contribution in [2.75, 3.05) is 25.0 Å². The quantitative estimate of drug-likeness (QED) is 0.577. The second-order valence-electron chi connectivity index (χ2n) is 5.87. The highest BCUT2D eigenvalue weighted by atomic mass is 79.9. The summed E-state index contributed by atoms with van der Waals surface area (Å²) in [6, 6.07) is 9.31. The highest BCUT2D eigenvalue weighted by molar-refractivity contribution is 9.10. The number of hydrogen-bond donors (Lipinski definition) is 1. The van der Waals surface area contributed by atoms with Gasteiger partial charge in [0.25, 0.3) is 5.91 Å². The fourth-order valence-corrected chi connectivity index (χ4v) is 4.42. The summed E-state index contributed by atoms with van der Waals surface area (Å²) in [4.78, 5) is 24.1. The van der Waals surface area contributed by atoms with Gasteiger partial charge >= 0.3 is 5.97 Å². The van der Waals surface area contributed by atoms with E-state index in [1.54, 1.807) is 13.8 Å². The number of halogens is 2. The van der Waals surface area contributed by atoms with E-state index >= 15 is 0 Å². The lowest BCUT2D eigenvalue weighted by Gasteiger charge is -2.18. The third kappa shape index (κ3) is 5.84. The summed E-state index contributed by atoms with van der Waals surface area (Å²) < 4.78 is 44.9. The molecule has 0 unspecified atom stereocenters. The van der Waals surface area contributed by atoms with Gasteiger partial charge in [-0.15, -0.1) is 0 Å². The smallest absolute Gasteiger partial charge is 0.339 e. The number of amides is 1. The van der Waals surface area contributed by atoms with Crippen LogP contribution >= 0.6 is 15.9 Å². The normalized spacial score (nSPS) is 11.3. The van der Waals surface area contributed by atoms with Crippen LogP contribution in [0.2, 0.25) is 0 Å². The van der Waals surface area contributed by atoms with Gasteiger partial charge in [-0.3, -0.25) is 4.79 Å². The van der Waals surface area contributed by atoms with Crippen molar-refractivity contribution < 1.29 is 27.1 Å². The molecule has 2 rings (SSSR count). The van der Waals surface area contributed by atoms with E-state index in [-0.39, 0.29) is 16.1 Å². The lowest BCUT2D eigenvalue weighted by Crippen LogP contribution is -2.30. The second-order valence-corrected chi connectivity index (χ2v) is 8.66. The predicted octanol–water partition coefficient (Wildman–Crippen LogP) is 3.41. The number of carbonyl (C=O) groups is 2. The summed E-state index contributed by atoms with van der Waals surface area (Å²) in [5.74, 6) is -2.15. The predicted molar refractivity (Wildman–Crippen MR) is 110 cm³/mol. The zero-order valence-electron chi connectivity index (χ0n) is 15.8. The molecule has 10 heteroatoms. The summed E-state index contributed by atoms with van der Waals surface area (Å²) in [6.45, 7) is 3.49. The molecule has 0 fully saturated rings. The van der Waals surface area contributed by atoms with Crippen molar-refractivity contribution >= 4 is 43.5 Å². The van der Waals surface area contributed by atoms with E-state index in [0.29, 0.717) is 17.6 Å². The first kappa shape index (κ1) is 23.0. The maximum atomic E-state index is 13.3. The lowest BCUT2D eigenvalue weighted by atomic mass is 10.2. The maximum Gasteiger partial charge on any atom is 0.339 e. The third-order valence-corrected chi connectivity index (χ3v) is 6.68. The fraction of sp³-hybridized carbons (Fsp3) is 0.263. The molecule has 0 heterocycles. The number of anilines is 1. The Morgan fingerprint density at radius 1 is 1.14 bits per heavy atom. The van der Waals surface area contributed by atoms with E-state index in [9.17, 15) is 22.4 Å². The van der Waals surface area contributed by atoms with Gasteiger partial charge in [-0.05, 0) is 52.3 Å². The van der Waals surface area contributed by atoms with E-state index < -0.39 is 34.3 Å². The lowest BCUT2D eigenvalue weighted by molar-refractivity contribution is -0.119. The molecule has 0 aliphatic rings. The summed E-state index contributed by atoms with van der Waals surface area (Å²) in [5, 5.41) is 2.48. The average molecular weight is 487 g/mol. The summed E-state index contributed by atoms with van der Waals surface area (Å²) in [5.41, 5.74) is 0.191. The van der Waals surface area contributed by atoms with Crippen LogP contribution < -0.4 is 5.32 Å². The molecule has 0 radical (unpaired) electrons. The van der Waals surface area contributed by atoms with Crippen molar-refractivity contribution in [3.63, 3.8) is 0 Å². The Morgan fingerprint density at radius 2 is 1.83 bits per heavy atom. The highest BCUT2D eigenvalue weighted by Gasteiger charge is 2.22. The highest BCUT2D eigenvalue weighted by Crippen LogP contribution is 2.20. The van der Waals surface area contributed by atoms with E-state index in [1.165, 1.54) is 40.7 Å². The molecule has 0 aromatic heterocycles. The van der Waals surface area contributed by atoms with Crippen molar-refractivity contribution in [1.82, 2.24) is 4.31 Å². The first-order valence-corrected chi connectivity index (χ1v) is 10.9. The molecule has 0 atom stereocenters. The van der Waals surface area contributed by atoms with Crippen LogP contribution in [-0.4, -0.2) is 44.3 Å². The average Bonchev–Trinajstić information content (AvgIpc) is 2.69. The number of nitrogens with one attached hydrogen (secondary N) is 1. The number of benzene rings is 2. The minimum absolute atomic E-state index is 0.0414. The Bertz CT molecular complexity index is 1010. The third-order valence-electron chi connectivity index (χ3n) is 3.94. The Kier molecular flexibility index (Phi) is 7.88. The molecule has 1 N–H and O–H groups in total. The molecule has 2 aromatic rings. The molecule has 2 aromatic carbocycles. The molecule has 0 aliphatic carbocycles. The van der Waals surface area contributed by atoms with E-state index in [0.717, 1.165) is 6.07 Å². The molecule has 0 spiro atoms. The van der Waals surface area contributed by atoms with Crippen molar-refractivity contribution in [2.24, 2.45) is 0 Å². The van der Waals surface area contributed by atoms with Crippen LogP contribution in [0.4, 0.5) is 10.1 Å². The van der Waals surface area contributed by atoms with Crippen LogP contribution in [0.15, 0.2) is 51.8 Å². The SMILES string of the molecule is CCN(CC)S(=O)(=O)c1cccc(NC(=O)COC(=O)c2cc(F)ccc2Br)c1. The molecular formula is C19H20BrFN2O5S. The van der Waals surface area contributed by atoms with Crippen molar-refractivity contribution in [1.29, 1.82) is 0 Å². The molecule has 7 nitrogen and oxygen atoms in total. The van der Waals surface area contributed by atoms with Crippen LogP contribution in [0.3, 0.4) is 0 Å². The van der Waals surface area contributed by atoms with Crippen molar-refractivity contribution in [2.45, 2.75) is 18.7 Å². The Hall–Kier alpha value is -2.30. The van der Waals surface area contributed by atoms with Crippen molar-refractivity contribution in [3.8, 4) is 0 Å². The van der Waals surface area contributed by atoms with Gasteiger partial charge in [-0.2, -0.15) is 4.31 Å². The van der Waals surface area contributed by atoms with Crippen LogP contribution in [0.1, 0.15) is 24.2 Å². The number of sulfonamides is 1. The van der Waals surface area contributed by atoms with Gasteiger partial charge < -0.3 is 10.1 Å². The van der Waals surface area contributed by atoms with E-state index in [4.69, 9.17) is 4.74 Å². The monoisotopic (exact) mass is 486 g/mol.